The van der Waals surface area contributed by atoms with Crippen molar-refractivity contribution in [1.29, 1.82) is 0 Å². The van der Waals surface area contributed by atoms with Crippen LogP contribution in [0.3, 0.4) is 0 Å². The summed E-state index contributed by atoms with van der Waals surface area (Å²) in [5.41, 5.74) is 1.24. The van der Waals surface area contributed by atoms with E-state index in [9.17, 15) is 0 Å². The summed E-state index contributed by atoms with van der Waals surface area (Å²) in [7, 11) is 3.72. The molecule has 0 saturated heterocycles. The van der Waals surface area contributed by atoms with Gasteiger partial charge in [-0.2, -0.15) is 4.98 Å². The Balaban J connectivity index is 1.88. The van der Waals surface area contributed by atoms with Gasteiger partial charge >= 0.3 is 0 Å². The molecule has 0 aliphatic heterocycles. The van der Waals surface area contributed by atoms with Crippen molar-refractivity contribution in [2.75, 3.05) is 37.5 Å². The molecule has 0 aliphatic carbocycles. The molecular weight excluding hydrogens is 288 g/mol. The van der Waals surface area contributed by atoms with E-state index in [-0.39, 0.29) is 0 Å². The molecular formula is C18H26N4O. The highest BCUT2D eigenvalue weighted by Gasteiger charge is 2.04. The Morgan fingerprint density at radius 3 is 2.91 bits per heavy atom. The van der Waals surface area contributed by atoms with Crippen LogP contribution < -0.4 is 15.0 Å². The Bertz CT molecular complexity index is 603. The van der Waals surface area contributed by atoms with Gasteiger partial charge in [0.1, 0.15) is 11.6 Å². The first-order valence-electron chi connectivity index (χ1n) is 8.14. The number of rotatable bonds is 9. The van der Waals surface area contributed by atoms with Crippen LogP contribution in [-0.2, 0) is 6.42 Å². The summed E-state index contributed by atoms with van der Waals surface area (Å²) in [4.78, 5) is 11.0. The number of nitrogens with one attached hydrogen (secondary N) is 1. The van der Waals surface area contributed by atoms with Gasteiger partial charge in [-0.05, 0) is 36.6 Å². The molecule has 0 spiro atoms. The number of methoxy groups -OCH3 is 1. The van der Waals surface area contributed by atoms with Gasteiger partial charge in [0, 0.05) is 26.3 Å². The zero-order valence-electron chi connectivity index (χ0n) is 14.2. The molecule has 2 aromatic rings. The number of nitrogens with zero attached hydrogens (tertiary/aromatic N) is 3. The Morgan fingerprint density at radius 1 is 1.26 bits per heavy atom. The molecule has 0 amide bonds. The number of aromatic nitrogens is 2. The van der Waals surface area contributed by atoms with Crippen LogP contribution in [0.15, 0.2) is 36.5 Å². The van der Waals surface area contributed by atoms with Gasteiger partial charge in [0.15, 0.2) is 0 Å². The summed E-state index contributed by atoms with van der Waals surface area (Å²) in [5, 5.41) is 3.36. The smallest absolute Gasteiger partial charge is 0.226 e. The van der Waals surface area contributed by atoms with Gasteiger partial charge in [0.2, 0.25) is 5.95 Å². The van der Waals surface area contributed by atoms with E-state index in [1.165, 1.54) is 12.0 Å². The average molecular weight is 314 g/mol. The van der Waals surface area contributed by atoms with Crippen LogP contribution in [0.5, 0.6) is 5.75 Å². The van der Waals surface area contributed by atoms with Gasteiger partial charge < -0.3 is 15.0 Å². The predicted molar refractivity (Wildman–Crippen MR) is 95.4 cm³/mol. The van der Waals surface area contributed by atoms with Crippen LogP contribution in [0, 0.1) is 0 Å². The molecule has 2 rings (SSSR count). The molecule has 1 aromatic heterocycles. The van der Waals surface area contributed by atoms with Gasteiger partial charge in [-0.15, -0.1) is 0 Å². The second-order valence-corrected chi connectivity index (χ2v) is 5.55. The maximum atomic E-state index is 5.25. The van der Waals surface area contributed by atoms with Crippen molar-refractivity contribution in [3.8, 4) is 5.75 Å². The topological polar surface area (TPSA) is 50.3 Å². The fraction of sp³-hybridized carbons (Fsp3) is 0.444. The van der Waals surface area contributed by atoms with Crippen molar-refractivity contribution < 1.29 is 4.74 Å². The van der Waals surface area contributed by atoms with E-state index in [1.807, 2.05) is 25.2 Å². The fourth-order valence-electron chi connectivity index (χ4n) is 2.29. The molecule has 1 heterocycles. The van der Waals surface area contributed by atoms with Crippen molar-refractivity contribution in [2.24, 2.45) is 0 Å². The third-order valence-electron chi connectivity index (χ3n) is 3.69. The van der Waals surface area contributed by atoms with Crippen LogP contribution >= 0.6 is 0 Å². The van der Waals surface area contributed by atoms with Crippen LogP contribution in [0.25, 0.3) is 0 Å². The number of ether oxygens (including phenoxy) is 1. The highest BCUT2D eigenvalue weighted by molar-refractivity contribution is 5.41. The summed E-state index contributed by atoms with van der Waals surface area (Å²) in [6.45, 7) is 3.98. The number of hydrogen-bond donors (Lipinski definition) is 1. The summed E-state index contributed by atoms with van der Waals surface area (Å²) >= 11 is 0. The first kappa shape index (κ1) is 17.1. The number of anilines is 2. The zero-order valence-corrected chi connectivity index (χ0v) is 14.2. The summed E-state index contributed by atoms with van der Waals surface area (Å²) < 4.78 is 5.25. The average Bonchev–Trinajstić information content (AvgIpc) is 2.60. The molecule has 124 valence electrons. The van der Waals surface area contributed by atoms with Crippen LogP contribution in [0.1, 0.15) is 25.3 Å². The van der Waals surface area contributed by atoms with E-state index < -0.39 is 0 Å². The molecule has 0 unspecified atom stereocenters. The lowest BCUT2D eigenvalue weighted by Crippen LogP contribution is -2.21. The largest absolute Gasteiger partial charge is 0.497 e. The van der Waals surface area contributed by atoms with Crippen molar-refractivity contribution in [3.05, 3.63) is 42.1 Å². The highest BCUT2D eigenvalue weighted by atomic mass is 16.5. The first-order valence-corrected chi connectivity index (χ1v) is 8.14. The van der Waals surface area contributed by atoms with Crippen LogP contribution in [-0.4, -0.2) is 37.2 Å². The van der Waals surface area contributed by atoms with Gasteiger partial charge in [-0.3, -0.25) is 0 Å². The fourth-order valence-corrected chi connectivity index (χ4v) is 2.29. The van der Waals surface area contributed by atoms with Crippen LogP contribution in [0.2, 0.25) is 0 Å². The Labute approximate surface area is 138 Å². The molecule has 5 nitrogen and oxygen atoms in total. The zero-order chi connectivity index (χ0) is 16.5. The molecule has 1 aromatic carbocycles. The third kappa shape index (κ3) is 5.43. The third-order valence-corrected chi connectivity index (χ3v) is 3.69. The minimum atomic E-state index is 0.768. The quantitative estimate of drug-likeness (QED) is 0.769. The molecule has 0 atom stereocenters. The number of hydrogen-bond acceptors (Lipinski definition) is 5. The molecule has 0 radical (unpaired) electrons. The first-order chi connectivity index (χ1) is 11.2. The van der Waals surface area contributed by atoms with Gasteiger partial charge in [-0.25, -0.2) is 4.98 Å². The molecule has 0 saturated carbocycles. The minimum Gasteiger partial charge on any atom is -0.497 e. The molecule has 0 aliphatic rings. The van der Waals surface area contributed by atoms with E-state index >= 15 is 0 Å². The molecule has 5 heteroatoms. The van der Waals surface area contributed by atoms with Gasteiger partial charge in [0.05, 0.1) is 7.11 Å². The van der Waals surface area contributed by atoms with Crippen molar-refractivity contribution in [3.63, 3.8) is 0 Å². The lowest BCUT2D eigenvalue weighted by atomic mass is 10.1. The SMILES string of the molecule is CCCCN(C)c1nccc(NCCc2cccc(OC)c2)n1. The Kier molecular flexibility index (Phi) is 6.66. The second-order valence-electron chi connectivity index (χ2n) is 5.55. The second kappa shape index (κ2) is 8.98. The monoisotopic (exact) mass is 314 g/mol. The van der Waals surface area contributed by atoms with Gasteiger partial charge in [0.25, 0.3) is 0 Å². The number of benzene rings is 1. The van der Waals surface area contributed by atoms with Crippen molar-refractivity contribution >= 4 is 11.8 Å². The molecule has 0 bridgehead atoms. The molecule has 1 N–H and O–H groups in total. The van der Waals surface area contributed by atoms with E-state index in [4.69, 9.17) is 4.74 Å². The highest BCUT2D eigenvalue weighted by Crippen LogP contribution is 2.14. The van der Waals surface area contributed by atoms with E-state index in [0.717, 1.165) is 43.4 Å². The minimum absolute atomic E-state index is 0.768. The number of unbranched alkanes of at least 4 members (excludes halogenated alkanes) is 1. The summed E-state index contributed by atoms with van der Waals surface area (Å²) in [6, 6.07) is 10.0. The maximum Gasteiger partial charge on any atom is 0.226 e. The van der Waals surface area contributed by atoms with Crippen molar-refractivity contribution in [2.45, 2.75) is 26.2 Å². The summed E-state index contributed by atoms with van der Waals surface area (Å²) in [6.07, 6.45) is 5.04. The van der Waals surface area contributed by atoms with Crippen LogP contribution in [0.4, 0.5) is 11.8 Å². The lowest BCUT2D eigenvalue weighted by molar-refractivity contribution is 0.414. The normalized spacial score (nSPS) is 10.4. The van der Waals surface area contributed by atoms with Gasteiger partial charge in [-0.1, -0.05) is 25.5 Å². The summed E-state index contributed by atoms with van der Waals surface area (Å²) in [5.74, 6) is 2.52. The Morgan fingerprint density at radius 2 is 2.13 bits per heavy atom. The lowest BCUT2D eigenvalue weighted by Gasteiger charge is -2.17. The molecule has 0 fully saturated rings. The van der Waals surface area contributed by atoms with E-state index in [2.05, 4.69) is 39.2 Å². The standard InChI is InChI=1S/C18H26N4O/c1-4-5-13-22(2)18-20-12-10-17(21-18)19-11-9-15-7-6-8-16(14-15)23-3/h6-8,10,12,14H,4-5,9,11,13H2,1-3H3,(H,19,20,21). The predicted octanol–water partition coefficient (Wildman–Crippen LogP) is 3.38. The molecule has 23 heavy (non-hydrogen) atoms. The maximum absolute atomic E-state index is 5.25. The van der Waals surface area contributed by atoms with E-state index in [1.54, 1.807) is 13.3 Å². The van der Waals surface area contributed by atoms with Crippen molar-refractivity contribution in [1.82, 2.24) is 9.97 Å². The van der Waals surface area contributed by atoms with E-state index in [0.29, 0.717) is 0 Å². The Hall–Kier alpha value is -2.30.